The molecule has 0 bridgehead atoms. The molecule has 1 heterocycles. The van der Waals surface area contributed by atoms with Crippen LogP contribution >= 0.6 is 0 Å². The first-order chi connectivity index (χ1) is 13.8. The number of Topliss-reactive ketones (excluding diaryl/α,β-unsaturated/α-hetero) is 1. The second-order valence-corrected chi connectivity index (χ2v) is 9.20. The lowest BCUT2D eigenvalue weighted by atomic mass is 10.0. The molecule has 1 saturated heterocycles. The summed E-state index contributed by atoms with van der Waals surface area (Å²) in [6.45, 7) is 3.09. The standard InChI is InChI=1S/C21H25FN2O4S/c1-15-4-3-11-24(14-15)29(26,27)18-8-6-17(7-9-18)23-13-20(25)16-5-10-21(28-2)19(22)12-16/h5-10,12,15,23H,3-4,11,13-14H2,1-2H3. The zero-order valence-corrected chi connectivity index (χ0v) is 17.3. The van der Waals surface area contributed by atoms with Gasteiger partial charge in [0.1, 0.15) is 0 Å². The number of halogens is 1. The van der Waals surface area contributed by atoms with Gasteiger partial charge in [0, 0.05) is 24.3 Å². The van der Waals surface area contributed by atoms with Crippen molar-refractivity contribution in [1.29, 1.82) is 0 Å². The van der Waals surface area contributed by atoms with Gasteiger partial charge < -0.3 is 10.1 Å². The fraction of sp³-hybridized carbons (Fsp3) is 0.381. The van der Waals surface area contributed by atoms with Crippen molar-refractivity contribution in [2.24, 2.45) is 5.92 Å². The van der Waals surface area contributed by atoms with Crippen molar-refractivity contribution in [2.75, 3.05) is 32.1 Å². The van der Waals surface area contributed by atoms with E-state index >= 15 is 0 Å². The summed E-state index contributed by atoms with van der Waals surface area (Å²) >= 11 is 0. The number of benzene rings is 2. The Kier molecular flexibility index (Phi) is 6.54. The molecule has 2 aromatic rings. The maximum Gasteiger partial charge on any atom is 0.243 e. The third-order valence-electron chi connectivity index (χ3n) is 5.04. The highest BCUT2D eigenvalue weighted by atomic mass is 32.2. The number of carbonyl (C=O) groups excluding carboxylic acids is 1. The molecule has 0 amide bonds. The van der Waals surface area contributed by atoms with Gasteiger partial charge in [-0.2, -0.15) is 4.31 Å². The number of methoxy groups -OCH3 is 1. The van der Waals surface area contributed by atoms with Gasteiger partial charge in [0.25, 0.3) is 0 Å². The molecule has 1 atom stereocenters. The van der Waals surface area contributed by atoms with Crippen LogP contribution in [0.15, 0.2) is 47.4 Å². The summed E-state index contributed by atoms with van der Waals surface area (Å²) in [5.41, 5.74) is 0.840. The highest BCUT2D eigenvalue weighted by molar-refractivity contribution is 7.89. The first kappa shape index (κ1) is 21.3. The Morgan fingerprint density at radius 3 is 2.59 bits per heavy atom. The lowest BCUT2D eigenvalue weighted by molar-refractivity contribution is 0.101. The number of hydrogen-bond acceptors (Lipinski definition) is 5. The molecule has 1 aliphatic heterocycles. The Hall–Kier alpha value is -2.45. The Balaban J connectivity index is 1.63. The number of nitrogens with zero attached hydrogens (tertiary/aromatic N) is 1. The Bertz CT molecular complexity index is 977. The maximum absolute atomic E-state index is 13.7. The van der Waals surface area contributed by atoms with E-state index < -0.39 is 15.8 Å². The first-order valence-corrected chi connectivity index (χ1v) is 11.0. The van der Waals surface area contributed by atoms with E-state index in [1.165, 1.54) is 35.7 Å². The zero-order valence-electron chi connectivity index (χ0n) is 16.5. The second kappa shape index (κ2) is 8.92. The molecular formula is C21H25FN2O4S. The number of rotatable bonds is 7. The molecule has 156 valence electrons. The number of ketones is 1. The van der Waals surface area contributed by atoms with Crippen LogP contribution in [0.3, 0.4) is 0 Å². The molecule has 1 unspecified atom stereocenters. The molecule has 0 aliphatic carbocycles. The largest absolute Gasteiger partial charge is 0.494 e. The molecule has 0 radical (unpaired) electrons. The minimum atomic E-state index is -3.51. The van der Waals surface area contributed by atoms with Crippen molar-refractivity contribution in [3.8, 4) is 5.75 Å². The number of hydrogen-bond donors (Lipinski definition) is 1. The zero-order chi connectivity index (χ0) is 21.0. The van der Waals surface area contributed by atoms with Crippen molar-refractivity contribution in [3.05, 3.63) is 53.8 Å². The summed E-state index contributed by atoms with van der Waals surface area (Å²) < 4.78 is 45.7. The normalized spacial score (nSPS) is 17.7. The molecule has 1 N–H and O–H groups in total. The average molecular weight is 421 g/mol. The monoisotopic (exact) mass is 420 g/mol. The molecule has 1 fully saturated rings. The van der Waals surface area contributed by atoms with Crippen LogP contribution in [-0.4, -0.2) is 45.3 Å². The summed E-state index contributed by atoms with van der Waals surface area (Å²) in [5, 5.41) is 2.94. The van der Waals surface area contributed by atoms with E-state index in [0.29, 0.717) is 24.7 Å². The van der Waals surface area contributed by atoms with Gasteiger partial charge in [-0.25, -0.2) is 12.8 Å². The molecule has 3 rings (SSSR count). The summed E-state index contributed by atoms with van der Waals surface area (Å²) in [4.78, 5) is 12.5. The van der Waals surface area contributed by atoms with Crippen LogP contribution in [0.4, 0.5) is 10.1 Å². The minimum Gasteiger partial charge on any atom is -0.494 e. The van der Waals surface area contributed by atoms with Crippen LogP contribution in [-0.2, 0) is 10.0 Å². The SMILES string of the molecule is COc1ccc(C(=O)CNc2ccc(S(=O)(=O)N3CCCC(C)C3)cc2)cc1F. The molecule has 29 heavy (non-hydrogen) atoms. The van der Waals surface area contributed by atoms with Crippen molar-refractivity contribution >= 4 is 21.5 Å². The van der Waals surface area contributed by atoms with Gasteiger partial charge in [0.05, 0.1) is 18.6 Å². The predicted molar refractivity (Wildman–Crippen MR) is 109 cm³/mol. The number of anilines is 1. The molecule has 6 nitrogen and oxygen atoms in total. The molecular weight excluding hydrogens is 395 g/mol. The summed E-state index contributed by atoms with van der Waals surface area (Å²) in [6.07, 6.45) is 1.91. The number of nitrogens with one attached hydrogen (secondary N) is 1. The van der Waals surface area contributed by atoms with E-state index in [2.05, 4.69) is 12.2 Å². The number of ether oxygens (including phenoxy) is 1. The number of piperidine rings is 1. The average Bonchev–Trinajstić information content (AvgIpc) is 2.72. The minimum absolute atomic E-state index is 0.0402. The molecule has 0 aromatic heterocycles. The smallest absolute Gasteiger partial charge is 0.243 e. The van der Waals surface area contributed by atoms with Gasteiger partial charge in [-0.1, -0.05) is 6.92 Å². The lowest BCUT2D eigenvalue weighted by Gasteiger charge is -2.30. The quantitative estimate of drug-likeness (QED) is 0.694. The highest BCUT2D eigenvalue weighted by Gasteiger charge is 2.28. The molecule has 0 spiro atoms. The predicted octanol–water partition coefficient (Wildman–Crippen LogP) is 3.55. The van der Waals surface area contributed by atoms with E-state index in [0.717, 1.165) is 18.9 Å². The van der Waals surface area contributed by atoms with Crippen molar-refractivity contribution in [2.45, 2.75) is 24.7 Å². The molecule has 1 aliphatic rings. The topological polar surface area (TPSA) is 75.7 Å². The van der Waals surface area contributed by atoms with Crippen LogP contribution in [0.2, 0.25) is 0 Å². The van der Waals surface area contributed by atoms with Crippen LogP contribution in [0, 0.1) is 11.7 Å². The van der Waals surface area contributed by atoms with Gasteiger partial charge in [-0.05, 0) is 61.2 Å². The van der Waals surface area contributed by atoms with Gasteiger partial charge in [0.2, 0.25) is 10.0 Å². The lowest BCUT2D eigenvalue weighted by Crippen LogP contribution is -2.39. The summed E-state index contributed by atoms with van der Waals surface area (Å²) in [7, 11) is -2.15. The third kappa shape index (κ3) is 4.94. The van der Waals surface area contributed by atoms with Crippen LogP contribution in [0.1, 0.15) is 30.1 Å². The summed E-state index contributed by atoms with van der Waals surface area (Å²) in [6, 6.07) is 10.4. The van der Waals surface area contributed by atoms with E-state index in [1.54, 1.807) is 12.1 Å². The third-order valence-corrected chi connectivity index (χ3v) is 6.92. The van der Waals surface area contributed by atoms with E-state index in [4.69, 9.17) is 4.74 Å². The highest BCUT2D eigenvalue weighted by Crippen LogP contribution is 2.24. The van der Waals surface area contributed by atoms with Gasteiger partial charge in [0.15, 0.2) is 17.3 Å². The Labute approximate surface area is 170 Å². The fourth-order valence-corrected chi connectivity index (χ4v) is 4.98. The van der Waals surface area contributed by atoms with Gasteiger partial charge >= 0.3 is 0 Å². The Morgan fingerprint density at radius 1 is 1.24 bits per heavy atom. The van der Waals surface area contributed by atoms with Crippen molar-refractivity contribution < 1.29 is 22.3 Å². The van der Waals surface area contributed by atoms with E-state index in [1.807, 2.05) is 0 Å². The Morgan fingerprint density at radius 2 is 1.97 bits per heavy atom. The summed E-state index contributed by atoms with van der Waals surface area (Å²) in [5.74, 6) is -0.451. The maximum atomic E-state index is 13.7. The fourth-order valence-electron chi connectivity index (χ4n) is 3.38. The first-order valence-electron chi connectivity index (χ1n) is 9.52. The van der Waals surface area contributed by atoms with Crippen molar-refractivity contribution in [1.82, 2.24) is 4.31 Å². The van der Waals surface area contributed by atoms with Gasteiger partial charge in [-0.15, -0.1) is 0 Å². The van der Waals surface area contributed by atoms with Crippen LogP contribution in [0.25, 0.3) is 0 Å². The van der Waals surface area contributed by atoms with E-state index in [-0.39, 0.29) is 28.5 Å². The molecule has 2 aromatic carbocycles. The van der Waals surface area contributed by atoms with E-state index in [9.17, 15) is 17.6 Å². The number of carbonyl (C=O) groups is 1. The van der Waals surface area contributed by atoms with Crippen molar-refractivity contribution in [3.63, 3.8) is 0 Å². The molecule has 8 heteroatoms. The van der Waals surface area contributed by atoms with Crippen LogP contribution in [0.5, 0.6) is 5.75 Å². The second-order valence-electron chi connectivity index (χ2n) is 7.26. The number of sulfonamides is 1. The molecule has 0 saturated carbocycles. The van der Waals surface area contributed by atoms with Gasteiger partial charge in [-0.3, -0.25) is 4.79 Å². The van der Waals surface area contributed by atoms with Crippen LogP contribution < -0.4 is 10.1 Å².